The van der Waals surface area contributed by atoms with E-state index < -0.39 is 0 Å². The molecule has 0 saturated heterocycles. The smallest absolute Gasteiger partial charge is 0.258 e. The number of hydrogen-bond donors (Lipinski definition) is 1. The molecule has 0 spiro atoms. The number of carbonyl (C=O) groups is 1. The summed E-state index contributed by atoms with van der Waals surface area (Å²) in [6.07, 6.45) is 4.24. The number of nitrogens with one attached hydrogen (secondary N) is 1. The van der Waals surface area contributed by atoms with Crippen LogP contribution in [0.3, 0.4) is 0 Å². The van der Waals surface area contributed by atoms with Crippen molar-refractivity contribution in [1.29, 1.82) is 0 Å². The van der Waals surface area contributed by atoms with Crippen molar-refractivity contribution in [3.63, 3.8) is 0 Å². The Balaban J connectivity index is 1.62. The number of benzene rings is 2. The lowest BCUT2D eigenvalue weighted by Gasteiger charge is -2.07. The maximum Gasteiger partial charge on any atom is 0.258 e. The minimum atomic E-state index is -0.173. The largest absolute Gasteiger partial charge is 0.296 e. The van der Waals surface area contributed by atoms with Crippen LogP contribution in [0.15, 0.2) is 60.7 Å². The molecule has 3 aromatic rings. The van der Waals surface area contributed by atoms with Crippen molar-refractivity contribution in [2.45, 2.75) is 18.8 Å². The summed E-state index contributed by atoms with van der Waals surface area (Å²) >= 11 is 1.47. The van der Waals surface area contributed by atoms with Crippen LogP contribution in [0.2, 0.25) is 0 Å². The average molecular weight is 347 g/mol. The van der Waals surface area contributed by atoms with Gasteiger partial charge in [0.05, 0.1) is 0 Å². The molecule has 2 aromatic carbocycles. The second kappa shape index (κ2) is 6.99. The topological polar surface area (TPSA) is 54.9 Å². The van der Waals surface area contributed by atoms with Gasteiger partial charge in [0.1, 0.15) is 5.01 Å². The van der Waals surface area contributed by atoms with Gasteiger partial charge in [0.25, 0.3) is 5.91 Å². The Labute approximate surface area is 150 Å². The maximum atomic E-state index is 12.9. The molecule has 0 unspecified atom stereocenters. The molecule has 1 aromatic heterocycles. The van der Waals surface area contributed by atoms with Crippen molar-refractivity contribution in [2.24, 2.45) is 0 Å². The lowest BCUT2D eigenvalue weighted by Crippen LogP contribution is -2.13. The van der Waals surface area contributed by atoms with Crippen LogP contribution in [0.1, 0.15) is 34.9 Å². The van der Waals surface area contributed by atoms with E-state index in [0.717, 1.165) is 16.1 Å². The zero-order chi connectivity index (χ0) is 17.1. The molecule has 4 rings (SSSR count). The van der Waals surface area contributed by atoms with Gasteiger partial charge in [-0.25, -0.2) is 0 Å². The fraction of sp³-hybridized carbons (Fsp3) is 0.150. The normalized spacial score (nSPS) is 14.3. The predicted molar refractivity (Wildman–Crippen MR) is 101 cm³/mol. The van der Waals surface area contributed by atoms with E-state index in [2.05, 4.69) is 15.5 Å². The number of amides is 1. The Morgan fingerprint density at radius 2 is 1.68 bits per heavy atom. The summed E-state index contributed by atoms with van der Waals surface area (Å²) in [6, 6.07) is 19.5. The van der Waals surface area contributed by atoms with E-state index >= 15 is 0 Å². The summed E-state index contributed by atoms with van der Waals surface area (Å²) in [5.41, 5.74) is 2.46. The molecule has 1 amide bonds. The molecule has 1 aliphatic rings. The monoisotopic (exact) mass is 347 g/mol. The Morgan fingerprint density at radius 3 is 2.36 bits per heavy atom. The fourth-order valence-corrected chi connectivity index (χ4v) is 3.47. The number of rotatable bonds is 5. The van der Waals surface area contributed by atoms with Crippen LogP contribution in [-0.2, 0) is 4.79 Å². The first kappa shape index (κ1) is 15.7. The van der Waals surface area contributed by atoms with Crippen LogP contribution >= 0.6 is 11.3 Å². The van der Waals surface area contributed by atoms with E-state index in [1.807, 2.05) is 66.7 Å². The molecule has 25 heavy (non-hydrogen) atoms. The first-order chi connectivity index (χ1) is 12.3. The van der Waals surface area contributed by atoms with E-state index in [-0.39, 0.29) is 5.91 Å². The summed E-state index contributed by atoms with van der Waals surface area (Å²) in [5.74, 6) is 0.366. The number of carbonyl (C=O) groups excluding carboxylic acids is 1. The molecular formula is C20H17N3OS. The molecule has 5 heteroatoms. The lowest BCUT2D eigenvalue weighted by molar-refractivity contribution is -0.111. The SMILES string of the molecule is O=C(Nc1nnc(C2CC2)s1)/C(=C/c1ccccc1)c1ccccc1. The summed E-state index contributed by atoms with van der Waals surface area (Å²) in [6.45, 7) is 0. The van der Waals surface area contributed by atoms with Crippen LogP contribution in [0.4, 0.5) is 5.13 Å². The van der Waals surface area contributed by atoms with Crippen molar-refractivity contribution in [3.8, 4) is 0 Å². The van der Waals surface area contributed by atoms with E-state index in [4.69, 9.17) is 0 Å². The van der Waals surface area contributed by atoms with Gasteiger partial charge in [-0.2, -0.15) is 0 Å². The van der Waals surface area contributed by atoms with Gasteiger partial charge in [0.15, 0.2) is 0 Å². The molecule has 0 radical (unpaired) electrons. The highest BCUT2D eigenvalue weighted by Crippen LogP contribution is 2.42. The minimum Gasteiger partial charge on any atom is -0.296 e. The van der Waals surface area contributed by atoms with Gasteiger partial charge in [0, 0.05) is 11.5 Å². The van der Waals surface area contributed by atoms with Crippen molar-refractivity contribution in [3.05, 3.63) is 76.8 Å². The zero-order valence-corrected chi connectivity index (χ0v) is 14.4. The van der Waals surface area contributed by atoms with Gasteiger partial charge in [-0.1, -0.05) is 72.0 Å². The highest BCUT2D eigenvalue weighted by Gasteiger charge is 2.28. The van der Waals surface area contributed by atoms with Crippen LogP contribution in [-0.4, -0.2) is 16.1 Å². The van der Waals surface area contributed by atoms with Gasteiger partial charge < -0.3 is 0 Å². The molecule has 1 aliphatic carbocycles. The van der Waals surface area contributed by atoms with Crippen LogP contribution < -0.4 is 5.32 Å². The van der Waals surface area contributed by atoms with Crippen molar-refractivity contribution < 1.29 is 4.79 Å². The molecule has 1 N–H and O–H groups in total. The van der Waals surface area contributed by atoms with Gasteiger partial charge in [-0.3, -0.25) is 10.1 Å². The number of nitrogens with zero attached hydrogens (tertiary/aromatic N) is 2. The highest BCUT2D eigenvalue weighted by molar-refractivity contribution is 7.15. The molecule has 4 nitrogen and oxygen atoms in total. The fourth-order valence-electron chi connectivity index (χ4n) is 2.56. The Morgan fingerprint density at radius 1 is 1.00 bits per heavy atom. The third kappa shape index (κ3) is 3.83. The molecule has 124 valence electrons. The van der Waals surface area contributed by atoms with Gasteiger partial charge in [0.2, 0.25) is 5.13 Å². The van der Waals surface area contributed by atoms with Crippen molar-refractivity contribution in [1.82, 2.24) is 10.2 Å². The number of aromatic nitrogens is 2. The van der Waals surface area contributed by atoms with Crippen molar-refractivity contribution >= 4 is 34.0 Å². The summed E-state index contributed by atoms with van der Waals surface area (Å²) < 4.78 is 0. The molecule has 0 aliphatic heterocycles. The maximum absolute atomic E-state index is 12.9. The standard InChI is InChI=1S/C20H17N3OS/c24-18(21-20-23-22-19(25-20)16-11-12-16)17(15-9-5-2-6-10-15)13-14-7-3-1-4-8-14/h1-10,13,16H,11-12H2,(H,21,23,24)/b17-13+. The quantitative estimate of drug-likeness (QED) is 0.542. The Kier molecular flexibility index (Phi) is 4.39. The van der Waals surface area contributed by atoms with Gasteiger partial charge in [-0.15, -0.1) is 10.2 Å². The van der Waals surface area contributed by atoms with E-state index in [1.165, 1.54) is 24.2 Å². The summed E-state index contributed by atoms with van der Waals surface area (Å²) in [5, 5.41) is 12.8. The van der Waals surface area contributed by atoms with Gasteiger partial charge in [-0.05, 0) is 30.0 Å². The highest BCUT2D eigenvalue weighted by atomic mass is 32.1. The minimum absolute atomic E-state index is 0.173. The van der Waals surface area contributed by atoms with Crippen LogP contribution in [0.25, 0.3) is 11.6 Å². The summed E-state index contributed by atoms with van der Waals surface area (Å²) in [7, 11) is 0. The third-order valence-electron chi connectivity index (χ3n) is 4.03. The zero-order valence-electron chi connectivity index (χ0n) is 13.6. The second-order valence-corrected chi connectivity index (χ2v) is 7.02. The molecule has 0 atom stereocenters. The van der Waals surface area contributed by atoms with Crippen molar-refractivity contribution in [2.75, 3.05) is 5.32 Å². The molecular weight excluding hydrogens is 330 g/mol. The number of anilines is 1. The second-order valence-electron chi connectivity index (χ2n) is 6.01. The van der Waals surface area contributed by atoms with Crippen LogP contribution in [0.5, 0.6) is 0 Å². The lowest BCUT2D eigenvalue weighted by atomic mass is 10.0. The third-order valence-corrected chi connectivity index (χ3v) is 5.03. The van der Waals surface area contributed by atoms with Crippen LogP contribution in [0, 0.1) is 0 Å². The Hall–Kier alpha value is -2.79. The van der Waals surface area contributed by atoms with E-state index in [9.17, 15) is 4.79 Å². The predicted octanol–water partition coefficient (Wildman–Crippen LogP) is 4.59. The Bertz CT molecular complexity index is 899. The molecule has 0 bridgehead atoms. The summed E-state index contributed by atoms with van der Waals surface area (Å²) in [4.78, 5) is 12.9. The van der Waals surface area contributed by atoms with E-state index in [1.54, 1.807) is 0 Å². The molecule has 1 heterocycles. The molecule has 1 saturated carbocycles. The van der Waals surface area contributed by atoms with Gasteiger partial charge >= 0.3 is 0 Å². The number of hydrogen-bond acceptors (Lipinski definition) is 4. The first-order valence-corrected chi connectivity index (χ1v) is 9.08. The average Bonchev–Trinajstić information content (AvgIpc) is 3.41. The van der Waals surface area contributed by atoms with E-state index in [0.29, 0.717) is 16.6 Å². The molecule has 1 fully saturated rings. The first-order valence-electron chi connectivity index (χ1n) is 8.26.